The largest absolute Gasteiger partial charge is 0.309 e. The lowest BCUT2D eigenvalue weighted by Gasteiger charge is -2.22. The highest BCUT2D eigenvalue weighted by Gasteiger charge is 2.20. The van der Waals surface area contributed by atoms with Crippen LogP contribution in [0, 0.1) is 0 Å². The monoisotopic (exact) mass is 224 g/mol. The first-order valence-corrected chi connectivity index (χ1v) is 6.67. The summed E-state index contributed by atoms with van der Waals surface area (Å²) in [7, 11) is 2.23. The van der Waals surface area contributed by atoms with Gasteiger partial charge in [0.1, 0.15) is 0 Å². The van der Waals surface area contributed by atoms with E-state index >= 15 is 0 Å². The Morgan fingerprint density at radius 2 is 2.53 bits per heavy atom. The maximum absolute atomic E-state index is 3.62. The number of likely N-dealkylation sites (N-methyl/N-ethyl adjacent to an activating group) is 1. The van der Waals surface area contributed by atoms with Crippen molar-refractivity contribution in [3.63, 3.8) is 0 Å². The van der Waals surface area contributed by atoms with Gasteiger partial charge in [-0.15, -0.1) is 0 Å². The number of hydrogen-bond acceptors (Lipinski definition) is 3. The molecule has 0 radical (unpaired) electrons. The maximum atomic E-state index is 3.62. The Hall–Kier alpha value is -0.380. The first kappa shape index (κ1) is 11.1. The van der Waals surface area contributed by atoms with Gasteiger partial charge in [-0.25, -0.2) is 0 Å². The van der Waals surface area contributed by atoms with Crippen LogP contribution in [0.5, 0.6) is 0 Å². The summed E-state index contributed by atoms with van der Waals surface area (Å²) in [5, 5.41) is 8.00. The number of hydrogen-bond donors (Lipinski definition) is 1. The molecule has 0 aromatic carbocycles. The molecule has 15 heavy (non-hydrogen) atoms. The van der Waals surface area contributed by atoms with Crippen LogP contribution in [0.2, 0.25) is 0 Å². The second kappa shape index (κ2) is 5.10. The second-order valence-electron chi connectivity index (χ2n) is 4.46. The molecule has 1 saturated heterocycles. The second-order valence-corrected chi connectivity index (χ2v) is 5.24. The summed E-state index contributed by atoms with van der Waals surface area (Å²) < 4.78 is 0. The molecule has 0 aliphatic carbocycles. The van der Waals surface area contributed by atoms with E-state index in [2.05, 4.69) is 41.0 Å². The molecule has 84 valence electrons. The molecule has 1 N–H and O–H groups in total. The fraction of sp³-hybridized carbons (Fsp3) is 0.667. The molecule has 2 unspecified atom stereocenters. The van der Waals surface area contributed by atoms with Crippen LogP contribution < -0.4 is 5.32 Å². The summed E-state index contributed by atoms with van der Waals surface area (Å²) in [6, 6.07) is 3.44. The van der Waals surface area contributed by atoms with Crippen molar-refractivity contribution in [2.24, 2.45) is 0 Å². The van der Waals surface area contributed by atoms with Crippen molar-refractivity contribution in [3.05, 3.63) is 22.4 Å². The van der Waals surface area contributed by atoms with Crippen molar-refractivity contribution < 1.29 is 0 Å². The molecule has 1 aromatic heterocycles. The highest BCUT2D eigenvalue weighted by Crippen LogP contribution is 2.18. The number of nitrogens with zero attached hydrogens (tertiary/aromatic N) is 1. The van der Waals surface area contributed by atoms with Gasteiger partial charge in [-0.05, 0) is 55.7 Å². The molecule has 1 aliphatic rings. The van der Waals surface area contributed by atoms with Crippen LogP contribution in [0.1, 0.15) is 31.4 Å². The zero-order valence-electron chi connectivity index (χ0n) is 9.57. The normalized spacial score (nSPS) is 24.5. The Morgan fingerprint density at radius 3 is 3.13 bits per heavy atom. The summed E-state index contributed by atoms with van der Waals surface area (Å²) in [5.74, 6) is 0. The van der Waals surface area contributed by atoms with Crippen LogP contribution in [-0.2, 0) is 0 Å². The lowest BCUT2D eigenvalue weighted by atomic mass is 10.1. The molecule has 1 aromatic rings. The lowest BCUT2D eigenvalue weighted by Crippen LogP contribution is -2.36. The highest BCUT2D eigenvalue weighted by atomic mass is 32.1. The number of nitrogens with one attached hydrogen (secondary N) is 1. The van der Waals surface area contributed by atoms with Crippen LogP contribution >= 0.6 is 11.3 Å². The van der Waals surface area contributed by atoms with E-state index in [1.165, 1.54) is 24.9 Å². The standard InChI is InChI=1S/C12H20N2S/c1-10(11-5-7-15-9-11)13-8-12-4-3-6-14(12)2/h5,7,9-10,12-13H,3-4,6,8H2,1-2H3. The summed E-state index contributed by atoms with van der Waals surface area (Å²) in [6.45, 7) is 4.63. The van der Waals surface area contributed by atoms with E-state index in [-0.39, 0.29) is 0 Å². The van der Waals surface area contributed by atoms with E-state index in [0.717, 1.165) is 12.6 Å². The predicted octanol–water partition coefficient (Wildman–Crippen LogP) is 2.49. The van der Waals surface area contributed by atoms with Gasteiger partial charge < -0.3 is 10.2 Å². The van der Waals surface area contributed by atoms with Crippen molar-refractivity contribution in [1.29, 1.82) is 0 Å². The van der Waals surface area contributed by atoms with Gasteiger partial charge in [0.15, 0.2) is 0 Å². The Bertz CT molecular complexity index is 284. The number of thiophene rings is 1. The molecular weight excluding hydrogens is 204 g/mol. The molecule has 0 amide bonds. The van der Waals surface area contributed by atoms with E-state index in [9.17, 15) is 0 Å². The highest BCUT2D eigenvalue weighted by molar-refractivity contribution is 7.07. The quantitative estimate of drug-likeness (QED) is 0.845. The number of likely N-dealkylation sites (tertiary alicyclic amines) is 1. The van der Waals surface area contributed by atoms with E-state index in [1.807, 2.05) is 0 Å². The van der Waals surface area contributed by atoms with Gasteiger partial charge in [0.25, 0.3) is 0 Å². The van der Waals surface area contributed by atoms with Crippen LogP contribution in [0.25, 0.3) is 0 Å². The first-order chi connectivity index (χ1) is 7.27. The van der Waals surface area contributed by atoms with Gasteiger partial charge in [-0.3, -0.25) is 0 Å². The Morgan fingerprint density at radius 1 is 1.67 bits per heavy atom. The molecule has 2 heterocycles. The third-order valence-electron chi connectivity index (χ3n) is 3.37. The summed E-state index contributed by atoms with van der Waals surface area (Å²) in [5.41, 5.74) is 1.42. The molecule has 1 fully saturated rings. The van der Waals surface area contributed by atoms with E-state index in [0.29, 0.717) is 6.04 Å². The minimum absolute atomic E-state index is 0.491. The molecule has 0 saturated carbocycles. The number of rotatable bonds is 4. The van der Waals surface area contributed by atoms with Crippen molar-refractivity contribution in [2.75, 3.05) is 20.1 Å². The molecule has 1 aliphatic heterocycles. The van der Waals surface area contributed by atoms with E-state index in [4.69, 9.17) is 0 Å². The molecule has 3 heteroatoms. The third kappa shape index (κ3) is 2.80. The van der Waals surface area contributed by atoms with Crippen LogP contribution in [0.4, 0.5) is 0 Å². The molecule has 0 bridgehead atoms. The smallest absolute Gasteiger partial charge is 0.0300 e. The van der Waals surface area contributed by atoms with Gasteiger partial charge in [-0.1, -0.05) is 0 Å². The summed E-state index contributed by atoms with van der Waals surface area (Å²) >= 11 is 1.78. The zero-order chi connectivity index (χ0) is 10.7. The SMILES string of the molecule is CC(NCC1CCCN1C)c1ccsc1. The maximum Gasteiger partial charge on any atom is 0.0300 e. The molecule has 2 atom stereocenters. The van der Waals surface area contributed by atoms with E-state index in [1.54, 1.807) is 11.3 Å². The Labute approximate surface area is 96.3 Å². The van der Waals surface area contributed by atoms with Gasteiger partial charge in [0, 0.05) is 18.6 Å². The topological polar surface area (TPSA) is 15.3 Å². The van der Waals surface area contributed by atoms with Gasteiger partial charge in [0.05, 0.1) is 0 Å². The average molecular weight is 224 g/mol. The summed E-state index contributed by atoms with van der Waals surface area (Å²) in [6.07, 6.45) is 2.70. The van der Waals surface area contributed by atoms with Crippen LogP contribution in [-0.4, -0.2) is 31.1 Å². The van der Waals surface area contributed by atoms with Gasteiger partial charge >= 0.3 is 0 Å². The van der Waals surface area contributed by atoms with E-state index < -0.39 is 0 Å². The Kier molecular flexibility index (Phi) is 3.78. The lowest BCUT2D eigenvalue weighted by molar-refractivity contribution is 0.294. The fourth-order valence-corrected chi connectivity index (χ4v) is 2.94. The minimum atomic E-state index is 0.491. The molecule has 2 rings (SSSR count). The Balaban J connectivity index is 1.78. The van der Waals surface area contributed by atoms with Crippen molar-refractivity contribution in [3.8, 4) is 0 Å². The molecular formula is C12H20N2S. The summed E-state index contributed by atoms with van der Waals surface area (Å²) in [4.78, 5) is 2.47. The molecule has 0 spiro atoms. The van der Waals surface area contributed by atoms with Gasteiger partial charge in [0.2, 0.25) is 0 Å². The van der Waals surface area contributed by atoms with Gasteiger partial charge in [-0.2, -0.15) is 11.3 Å². The predicted molar refractivity (Wildman–Crippen MR) is 66.4 cm³/mol. The van der Waals surface area contributed by atoms with Crippen molar-refractivity contribution >= 4 is 11.3 Å². The molecule has 2 nitrogen and oxygen atoms in total. The van der Waals surface area contributed by atoms with Crippen LogP contribution in [0.3, 0.4) is 0 Å². The zero-order valence-corrected chi connectivity index (χ0v) is 10.4. The van der Waals surface area contributed by atoms with Crippen molar-refractivity contribution in [1.82, 2.24) is 10.2 Å². The third-order valence-corrected chi connectivity index (χ3v) is 4.08. The minimum Gasteiger partial charge on any atom is -0.309 e. The fourth-order valence-electron chi connectivity index (χ4n) is 2.19. The average Bonchev–Trinajstić information content (AvgIpc) is 2.85. The van der Waals surface area contributed by atoms with Crippen LogP contribution in [0.15, 0.2) is 16.8 Å². The first-order valence-electron chi connectivity index (χ1n) is 5.73. The van der Waals surface area contributed by atoms with Crippen molar-refractivity contribution in [2.45, 2.75) is 31.8 Å².